The summed E-state index contributed by atoms with van der Waals surface area (Å²) in [6, 6.07) is 5.04. The summed E-state index contributed by atoms with van der Waals surface area (Å²) in [7, 11) is 0. The minimum Gasteiger partial charge on any atom is -0.394 e. The Labute approximate surface area is 232 Å². The molecule has 3 heterocycles. The van der Waals surface area contributed by atoms with Gasteiger partial charge in [-0.3, -0.25) is 4.57 Å². The zero-order valence-corrected chi connectivity index (χ0v) is 22.1. The Hall–Kier alpha value is -2.72. The first-order valence-corrected chi connectivity index (χ1v) is 13.3. The molecule has 1 aliphatic heterocycles. The van der Waals surface area contributed by atoms with Crippen LogP contribution in [0.5, 0.6) is 0 Å². The van der Waals surface area contributed by atoms with Crippen LogP contribution in [0.1, 0.15) is 18.0 Å². The molecule has 0 aliphatic carbocycles. The van der Waals surface area contributed by atoms with Crippen molar-refractivity contribution in [2.75, 3.05) is 12.9 Å². The summed E-state index contributed by atoms with van der Waals surface area (Å²) in [4.78, 5) is 0. The number of hydrogen-bond donors (Lipinski definition) is 3. The Morgan fingerprint density at radius 1 is 1.00 bits per heavy atom. The van der Waals surface area contributed by atoms with E-state index >= 15 is 0 Å². The second-order valence-electron chi connectivity index (χ2n) is 8.57. The second-order valence-corrected chi connectivity index (χ2v) is 10.2. The Morgan fingerprint density at radius 2 is 1.72 bits per heavy atom. The van der Waals surface area contributed by atoms with Gasteiger partial charge in [0.15, 0.2) is 28.4 Å². The van der Waals surface area contributed by atoms with Gasteiger partial charge in [-0.1, -0.05) is 40.2 Å². The van der Waals surface area contributed by atoms with E-state index < -0.39 is 54.5 Å². The van der Waals surface area contributed by atoms with Gasteiger partial charge in [0.1, 0.15) is 36.2 Å². The van der Waals surface area contributed by atoms with Crippen molar-refractivity contribution in [1.82, 2.24) is 29.8 Å². The van der Waals surface area contributed by atoms with E-state index in [0.717, 1.165) is 16.8 Å². The number of nitrogens with zero attached hydrogens (tertiary/aromatic N) is 6. The van der Waals surface area contributed by atoms with E-state index in [4.69, 9.17) is 27.9 Å². The van der Waals surface area contributed by atoms with Gasteiger partial charge in [0, 0.05) is 5.56 Å². The molecule has 0 bridgehead atoms. The molecule has 0 spiro atoms. The topological polar surface area (TPSA) is 131 Å². The molecular formula is C23H19Cl2F3N6O4S. The molecule has 1 fully saturated rings. The van der Waals surface area contributed by atoms with Gasteiger partial charge >= 0.3 is 0 Å². The van der Waals surface area contributed by atoms with Crippen molar-refractivity contribution in [2.24, 2.45) is 0 Å². The first-order chi connectivity index (χ1) is 18.6. The molecule has 0 saturated carbocycles. The van der Waals surface area contributed by atoms with Crippen LogP contribution in [0.2, 0.25) is 10.0 Å². The van der Waals surface area contributed by atoms with Crippen LogP contribution in [0.3, 0.4) is 0 Å². The van der Waals surface area contributed by atoms with Gasteiger partial charge in [-0.25, -0.2) is 17.9 Å². The number of halogens is 5. The SMILES string of the molecule is CSc1nnc([C@@H]2O[C@H](CO)[C@H](O)[C@H](n3cc(-c4cc(F)c(F)c(F)c4)nn3)[C@H]2O)n1-c1ccc(Cl)c(Cl)c1. The summed E-state index contributed by atoms with van der Waals surface area (Å²) in [5.41, 5.74) is 0.337. The van der Waals surface area contributed by atoms with Crippen LogP contribution in [0.4, 0.5) is 13.2 Å². The highest BCUT2D eigenvalue weighted by atomic mass is 35.5. The lowest BCUT2D eigenvalue weighted by atomic mass is 9.92. The standard InChI is InChI=1S/C23H19Cl2F3N6O4S/c1-39-23-31-30-22(34(23)10-2-3-11(24)12(25)6-10)21-20(37)18(19(36)16(8-35)38-21)33-7-15(29-32-33)9-4-13(26)17(28)14(27)5-9/h2-7,16,18-21,35-37H,8H2,1H3/t16-,18+,19+,20-,21-/m1/s1. The van der Waals surface area contributed by atoms with Crippen LogP contribution < -0.4 is 0 Å². The van der Waals surface area contributed by atoms with Crippen LogP contribution in [-0.4, -0.2) is 76.3 Å². The molecule has 0 amide bonds. The fraction of sp³-hybridized carbons (Fsp3) is 0.304. The van der Waals surface area contributed by atoms with Crippen LogP contribution in [-0.2, 0) is 4.74 Å². The van der Waals surface area contributed by atoms with E-state index in [9.17, 15) is 28.5 Å². The molecule has 4 aromatic rings. The van der Waals surface area contributed by atoms with Crippen molar-refractivity contribution in [3.05, 3.63) is 69.9 Å². The summed E-state index contributed by atoms with van der Waals surface area (Å²) in [6.07, 6.45) is -2.48. The Balaban J connectivity index is 1.56. The normalized spacial score (nSPS) is 23.4. The van der Waals surface area contributed by atoms with Crippen LogP contribution in [0, 0.1) is 17.5 Å². The average Bonchev–Trinajstić information content (AvgIpc) is 3.57. The molecule has 3 N–H and O–H groups in total. The van der Waals surface area contributed by atoms with Crippen molar-refractivity contribution < 1.29 is 33.2 Å². The number of aromatic nitrogens is 6. The minimum absolute atomic E-state index is 0.0561. The maximum Gasteiger partial charge on any atom is 0.195 e. The first-order valence-electron chi connectivity index (χ1n) is 11.3. The van der Waals surface area contributed by atoms with Crippen molar-refractivity contribution in [3.63, 3.8) is 0 Å². The summed E-state index contributed by atoms with van der Waals surface area (Å²) in [5.74, 6) is -4.34. The van der Waals surface area contributed by atoms with Gasteiger partial charge in [0.25, 0.3) is 0 Å². The van der Waals surface area contributed by atoms with E-state index in [-0.39, 0.29) is 22.1 Å². The van der Waals surface area contributed by atoms with Crippen molar-refractivity contribution in [1.29, 1.82) is 0 Å². The largest absolute Gasteiger partial charge is 0.394 e. The molecule has 2 aromatic heterocycles. The zero-order valence-electron chi connectivity index (χ0n) is 19.8. The smallest absolute Gasteiger partial charge is 0.195 e. The van der Waals surface area contributed by atoms with Gasteiger partial charge in [0.2, 0.25) is 0 Å². The van der Waals surface area contributed by atoms with E-state index in [1.165, 1.54) is 18.0 Å². The van der Waals surface area contributed by atoms with Crippen LogP contribution in [0.25, 0.3) is 16.9 Å². The molecule has 1 aliphatic rings. The Bertz CT molecular complexity index is 1500. The molecule has 5 atom stereocenters. The van der Waals surface area contributed by atoms with Gasteiger partial charge in [-0.2, -0.15) is 0 Å². The molecule has 39 heavy (non-hydrogen) atoms. The Morgan fingerprint density at radius 3 is 2.36 bits per heavy atom. The molecule has 16 heteroatoms. The van der Waals surface area contributed by atoms with E-state index in [1.807, 2.05) is 0 Å². The van der Waals surface area contributed by atoms with E-state index in [1.54, 1.807) is 29.0 Å². The van der Waals surface area contributed by atoms with E-state index in [0.29, 0.717) is 15.9 Å². The first kappa shape index (κ1) is 27.8. The molecule has 0 radical (unpaired) electrons. The van der Waals surface area contributed by atoms with Gasteiger partial charge in [0.05, 0.1) is 28.5 Å². The highest BCUT2D eigenvalue weighted by Gasteiger charge is 2.48. The predicted molar refractivity (Wildman–Crippen MR) is 134 cm³/mol. The maximum atomic E-state index is 13.8. The number of rotatable bonds is 6. The maximum absolute atomic E-state index is 13.8. The summed E-state index contributed by atoms with van der Waals surface area (Å²) in [6.45, 7) is -0.632. The zero-order chi connectivity index (χ0) is 28.0. The third-order valence-electron chi connectivity index (χ3n) is 6.24. The highest BCUT2D eigenvalue weighted by Crippen LogP contribution is 2.40. The molecule has 1 saturated heterocycles. The number of aliphatic hydroxyl groups is 3. The summed E-state index contributed by atoms with van der Waals surface area (Å²) < 4.78 is 49.5. The minimum atomic E-state index is -1.63. The van der Waals surface area contributed by atoms with Crippen LogP contribution in [0.15, 0.2) is 41.7 Å². The fourth-order valence-electron chi connectivity index (χ4n) is 4.35. The van der Waals surface area contributed by atoms with E-state index in [2.05, 4.69) is 20.5 Å². The molecule has 5 rings (SSSR count). The molecule has 2 aromatic carbocycles. The van der Waals surface area contributed by atoms with Crippen LogP contribution >= 0.6 is 35.0 Å². The number of thioether (sulfide) groups is 1. The lowest BCUT2D eigenvalue weighted by Crippen LogP contribution is -2.53. The lowest BCUT2D eigenvalue weighted by molar-refractivity contribution is -0.210. The number of ether oxygens (including phenoxy) is 1. The van der Waals surface area contributed by atoms with Gasteiger partial charge in [-0.05, 0) is 36.6 Å². The second kappa shape index (κ2) is 11.0. The van der Waals surface area contributed by atoms with Crippen molar-refractivity contribution >= 4 is 35.0 Å². The predicted octanol–water partition coefficient (Wildman–Crippen LogP) is 3.37. The number of hydrogen-bond acceptors (Lipinski definition) is 9. The van der Waals surface area contributed by atoms with Gasteiger partial charge < -0.3 is 20.1 Å². The number of aliphatic hydroxyl groups excluding tert-OH is 3. The molecular weight excluding hydrogens is 584 g/mol. The van der Waals surface area contributed by atoms with Gasteiger partial charge in [-0.15, -0.1) is 15.3 Å². The average molecular weight is 603 g/mol. The van der Waals surface area contributed by atoms with Crippen molar-refractivity contribution in [2.45, 2.75) is 35.6 Å². The molecule has 206 valence electrons. The summed E-state index contributed by atoms with van der Waals surface area (Å²) >= 11 is 13.5. The third kappa shape index (κ3) is 5.01. The third-order valence-corrected chi connectivity index (χ3v) is 7.61. The quantitative estimate of drug-likeness (QED) is 0.224. The highest BCUT2D eigenvalue weighted by molar-refractivity contribution is 7.98. The summed E-state index contributed by atoms with van der Waals surface area (Å²) in [5, 5.41) is 49.4. The monoisotopic (exact) mass is 602 g/mol. The Kier molecular flexibility index (Phi) is 7.88. The molecule has 0 unspecified atom stereocenters. The lowest BCUT2D eigenvalue weighted by Gasteiger charge is -2.41. The fourth-order valence-corrected chi connectivity index (χ4v) is 5.15. The number of benzene rings is 2. The van der Waals surface area contributed by atoms with Crippen molar-refractivity contribution in [3.8, 4) is 16.9 Å². The molecule has 10 nitrogen and oxygen atoms in total.